The molecule has 3 aromatic rings. The molecule has 0 aliphatic carbocycles. The van der Waals surface area contributed by atoms with Gasteiger partial charge in [-0.15, -0.1) is 0 Å². The number of aromatic nitrogens is 1. The molecule has 1 atom stereocenters. The van der Waals surface area contributed by atoms with Crippen molar-refractivity contribution in [2.45, 2.75) is 32.6 Å². The number of amides is 1. The monoisotopic (exact) mass is 318 g/mol. The van der Waals surface area contributed by atoms with Gasteiger partial charge in [-0.25, -0.2) is 0 Å². The van der Waals surface area contributed by atoms with E-state index in [1.54, 1.807) is 6.20 Å². The summed E-state index contributed by atoms with van der Waals surface area (Å²) >= 11 is 0. The average molecular weight is 318 g/mol. The number of fused-ring (bicyclic) bond motifs is 1. The number of hydrogen-bond donors (Lipinski definition) is 1. The lowest BCUT2D eigenvalue weighted by Gasteiger charge is -2.17. The molecule has 1 heterocycles. The smallest absolute Gasteiger partial charge is 0.231 e. The molecule has 0 radical (unpaired) electrons. The maximum absolute atomic E-state index is 12.8. The Bertz CT molecular complexity index is 840. The van der Waals surface area contributed by atoms with Crippen LogP contribution in [0.15, 0.2) is 60.9 Å². The maximum Gasteiger partial charge on any atom is 0.231 e. The fourth-order valence-electron chi connectivity index (χ4n) is 2.93. The fourth-order valence-corrected chi connectivity index (χ4v) is 2.93. The molecule has 1 amide bonds. The molecule has 0 fully saturated rings. The number of nitrogens with one attached hydrogen (secondary N) is 1. The van der Waals surface area contributed by atoms with Crippen molar-refractivity contribution < 1.29 is 4.79 Å². The lowest BCUT2D eigenvalue weighted by Crippen LogP contribution is -2.21. The Morgan fingerprint density at radius 2 is 1.88 bits per heavy atom. The van der Waals surface area contributed by atoms with Crippen LogP contribution in [-0.4, -0.2) is 10.9 Å². The Labute approximate surface area is 142 Å². The molecule has 122 valence electrons. The fraction of sp³-hybridized carbons (Fsp3) is 0.238. The van der Waals surface area contributed by atoms with E-state index in [4.69, 9.17) is 0 Å². The Hall–Kier alpha value is -2.68. The van der Waals surface area contributed by atoms with E-state index >= 15 is 0 Å². The minimum absolute atomic E-state index is 0.0501. The van der Waals surface area contributed by atoms with Crippen molar-refractivity contribution in [2.75, 3.05) is 5.32 Å². The molecule has 1 unspecified atom stereocenters. The van der Waals surface area contributed by atoms with Crippen LogP contribution >= 0.6 is 0 Å². The molecule has 3 nitrogen and oxygen atoms in total. The number of aryl methyl sites for hydroxylation is 1. The van der Waals surface area contributed by atoms with Crippen molar-refractivity contribution in [1.82, 2.24) is 4.98 Å². The molecule has 0 saturated heterocycles. The average Bonchev–Trinajstić information content (AvgIpc) is 2.60. The van der Waals surface area contributed by atoms with Gasteiger partial charge in [0, 0.05) is 23.5 Å². The third kappa shape index (κ3) is 3.62. The molecule has 0 aliphatic heterocycles. The summed E-state index contributed by atoms with van der Waals surface area (Å²) < 4.78 is 0. The van der Waals surface area contributed by atoms with E-state index < -0.39 is 0 Å². The zero-order valence-electron chi connectivity index (χ0n) is 14.1. The van der Waals surface area contributed by atoms with Gasteiger partial charge < -0.3 is 5.32 Å². The second-order valence-electron chi connectivity index (χ2n) is 6.18. The van der Waals surface area contributed by atoms with Crippen LogP contribution in [0.2, 0.25) is 0 Å². The van der Waals surface area contributed by atoms with Crippen LogP contribution in [0.5, 0.6) is 0 Å². The molecule has 0 bridgehead atoms. The summed E-state index contributed by atoms with van der Waals surface area (Å²) in [6.45, 7) is 4.17. The van der Waals surface area contributed by atoms with Crippen molar-refractivity contribution in [3.05, 3.63) is 72.1 Å². The largest absolute Gasteiger partial charge is 0.326 e. The van der Waals surface area contributed by atoms with Gasteiger partial charge in [0.25, 0.3) is 0 Å². The zero-order valence-corrected chi connectivity index (χ0v) is 14.1. The summed E-state index contributed by atoms with van der Waals surface area (Å²) in [6, 6.07) is 16.1. The van der Waals surface area contributed by atoms with Gasteiger partial charge in [0.15, 0.2) is 0 Å². The summed E-state index contributed by atoms with van der Waals surface area (Å²) in [7, 11) is 0. The summed E-state index contributed by atoms with van der Waals surface area (Å²) in [5.74, 6) is -0.0714. The topological polar surface area (TPSA) is 42.0 Å². The second kappa shape index (κ2) is 7.26. The van der Waals surface area contributed by atoms with Crippen molar-refractivity contribution in [1.29, 1.82) is 0 Å². The Morgan fingerprint density at radius 1 is 1.08 bits per heavy atom. The highest BCUT2D eigenvalue weighted by molar-refractivity contribution is 5.97. The normalized spacial score (nSPS) is 12.1. The minimum Gasteiger partial charge on any atom is -0.326 e. The Kier molecular flexibility index (Phi) is 4.90. The summed E-state index contributed by atoms with van der Waals surface area (Å²) in [5, 5.41) is 5.22. The SMILES string of the molecule is CCCC(C(=O)Nc1ccc2cnccc2c1)c1ccc(C)cc1. The Morgan fingerprint density at radius 3 is 2.62 bits per heavy atom. The number of nitrogens with zero attached hydrogens (tertiary/aromatic N) is 1. The lowest BCUT2D eigenvalue weighted by atomic mass is 9.93. The van der Waals surface area contributed by atoms with Gasteiger partial charge in [-0.05, 0) is 42.5 Å². The first-order valence-electron chi connectivity index (χ1n) is 8.38. The molecule has 24 heavy (non-hydrogen) atoms. The second-order valence-corrected chi connectivity index (χ2v) is 6.18. The van der Waals surface area contributed by atoms with E-state index in [9.17, 15) is 4.79 Å². The predicted molar refractivity (Wildman–Crippen MR) is 99.2 cm³/mol. The minimum atomic E-state index is -0.122. The van der Waals surface area contributed by atoms with Crippen molar-refractivity contribution in [2.24, 2.45) is 0 Å². The van der Waals surface area contributed by atoms with Crippen molar-refractivity contribution in [3.63, 3.8) is 0 Å². The quantitative estimate of drug-likeness (QED) is 0.714. The van der Waals surface area contributed by atoms with Crippen LogP contribution in [-0.2, 0) is 4.79 Å². The number of rotatable bonds is 5. The number of benzene rings is 2. The number of hydrogen-bond acceptors (Lipinski definition) is 2. The summed E-state index contributed by atoms with van der Waals surface area (Å²) in [5.41, 5.74) is 3.11. The first kappa shape index (κ1) is 16.2. The van der Waals surface area contributed by atoms with E-state index in [1.165, 1.54) is 5.56 Å². The first-order valence-corrected chi connectivity index (χ1v) is 8.38. The van der Waals surface area contributed by atoms with Gasteiger partial charge in [0.2, 0.25) is 5.91 Å². The first-order chi connectivity index (χ1) is 11.7. The van der Waals surface area contributed by atoms with Crippen LogP contribution < -0.4 is 5.32 Å². The van der Waals surface area contributed by atoms with Crippen LogP contribution in [0.25, 0.3) is 10.8 Å². The number of carbonyl (C=O) groups is 1. The zero-order chi connectivity index (χ0) is 16.9. The van der Waals surface area contributed by atoms with Crippen molar-refractivity contribution in [3.8, 4) is 0 Å². The van der Waals surface area contributed by atoms with Crippen molar-refractivity contribution >= 4 is 22.4 Å². The maximum atomic E-state index is 12.8. The van der Waals surface area contributed by atoms with Crippen LogP contribution in [0.1, 0.15) is 36.8 Å². The third-order valence-corrected chi connectivity index (χ3v) is 4.28. The van der Waals surface area contributed by atoms with E-state index in [0.29, 0.717) is 0 Å². The molecule has 2 aromatic carbocycles. The molecule has 3 heteroatoms. The molecule has 0 aliphatic rings. The van der Waals surface area contributed by atoms with Crippen LogP contribution in [0.3, 0.4) is 0 Å². The Balaban J connectivity index is 1.82. The van der Waals surface area contributed by atoms with E-state index in [0.717, 1.165) is 34.9 Å². The number of pyridine rings is 1. The van der Waals surface area contributed by atoms with Gasteiger partial charge in [0.05, 0.1) is 5.92 Å². The molecule has 1 N–H and O–H groups in total. The standard InChI is InChI=1S/C21H22N2O/c1-3-4-20(16-7-5-15(2)6-8-16)21(24)23-19-10-9-18-14-22-12-11-17(18)13-19/h5-14,20H,3-4H2,1-2H3,(H,23,24). The van der Waals surface area contributed by atoms with Gasteiger partial charge in [-0.2, -0.15) is 0 Å². The highest BCUT2D eigenvalue weighted by Crippen LogP contribution is 2.25. The molecular formula is C21H22N2O. The predicted octanol–water partition coefficient (Wildman–Crippen LogP) is 5.07. The molecular weight excluding hydrogens is 296 g/mol. The molecule has 1 aromatic heterocycles. The third-order valence-electron chi connectivity index (χ3n) is 4.28. The molecule has 0 saturated carbocycles. The van der Waals surface area contributed by atoms with Gasteiger partial charge in [-0.3, -0.25) is 9.78 Å². The highest BCUT2D eigenvalue weighted by atomic mass is 16.1. The van der Waals surface area contributed by atoms with Gasteiger partial charge in [0.1, 0.15) is 0 Å². The summed E-state index contributed by atoms with van der Waals surface area (Å²) in [6.07, 6.45) is 5.40. The lowest BCUT2D eigenvalue weighted by molar-refractivity contribution is -0.117. The highest BCUT2D eigenvalue weighted by Gasteiger charge is 2.19. The van der Waals surface area contributed by atoms with Crippen LogP contribution in [0, 0.1) is 6.92 Å². The molecule has 3 rings (SSSR count). The van der Waals surface area contributed by atoms with E-state index in [2.05, 4.69) is 48.4 Å². The van der Waals surface area contributed by atoms with E-state index in [1.807, 2.05) is 30.5 Å². The molecule has 0 spiro atoms. The number of anilines is 1. The summed E-state index contributed by atoms with van der Waals surface area (Å²) in [4.78, 5) is 16.9. The van der Waals surface area contributed by atoms with Gasteiger partial charge in [-0.1, -0.05) is 49.2 Å². The van der Waals surface area contributed by atoms with E-state index in [-0.39, 0.29) is 11.8 Å². The van der Waals surface area contributed by atoms with Gasteiger partial charge >= 0.3 is 0 Å². The van der Waals surface area contributed by atoms with Crippen LogP contribution in [0.4, 0.5) is 5.69 Å². The number of carbonyl (C=O) groups excluding carboxylic acids is 1.